The Morgan fingerprint density at radius 1 is 1.29 bits per heavy atom. The molecule has 4 heteroatoms. The molecule has 17 heavy (non-hydrogen) atoms. The van der Waals surface area contributed by atoms with Gasteiger partial charge in [-0.3, -0.25) is 0 Å². The molecule has 0 aliphatic carbocycles. The first kappa shape index (κ1) is 13.3. The van der Waals surface area contributed by atoms with Gasteiger partial charge >= 0.3 is 0 Å². The minimum Gasteiger partial charge on any atom is -0.396 e. The van der Waals surface area contributed by atoms with E-state index < -0.39 is 0 Å². The van der Waals surface area contributed by atoms with E-state index in [2.05, 4.69) is 16.8 Å². The maximum Gasteiger partial charge on any atom is 0.0829 e. The molecule has 0 bridgehead atoms. The Labute approximate surface area is 105 Å². The highest BCUT2D eigenvalue weighted by molar-refractivity contribution is 4.78. The van der Waals surface area contributed by atoms with Crippen LogP contribution in [0.3, 0.4) is 0 Å². The standard InChI is InChI=1S/C13H26N2O2/c1-14-6-8-17-13(10-14)11-15-5-2-3-12(9-15)4-7-16/h12-13,16H,2-11H2,1H3. The summed E-state index contributed by atoms with van der Waals surface area (Å²) in [6.45, 7) is 6.73. The van der Waals surface area contributed by atoms with Gasteiger partial charge in [0, 0.05) is 32.8 Å². The lowest BCUT2D eigenvalue weighted by Gasteiger charge is -2.37. The molecule has 2 unspecified atom stereocenters. The fourth-order valence-corrected chi connectivity index (χ4v) is 3.00. The van der Waals surface area contributed by atoms with Gasteiger partial charge in [-0.1, -0.05) is 0 Å². The van der Waals surface area contributed by atoms with Crippen LogP contribution in [0.25, 0.3) is 0 Å². The van der Waals surface area contributed by atoms with Gasteiger partial charge in [-0.05, 0) is 38.8 Å². The Kier molecular flexibility index (Phi) is 5.22. The van der Waals surface area contributed by atoms with Crippen molar-refractivity contribution in [1.82, 2.24) is 9.80 Å². The van der Waals surface area contributed by atoms with Crippen LogP contribution in [-0.2, 0) is 4.74 Å². The van der Waals surface area contributed by atoms with Crippen molar-refractivity contribution in [2.75, 3.05) is 53.0 Å². The minimum atomic E-state index is 0.334. The molecule has 2 fully saturated rings. The lowest BCUT2D eigenvalue weighted by molar-refractivity contribution is -0.0409. The normalized spacial score (nSPS) is 32.8. The molecule has 0 aromatic heterocycles. The van der Waals surface area contributed by atoms with Gasteiger partial charge in [0.15, 0.2) is 0 Å². The van der Waals surface area contributed by atoms with Gasteiger partial charge in [0.05, 0.1) is 12.7 Å². The number of hydrogen-bond acceptors (Lipinski definition) is 4. The van der Waals surface area contributed by atoms with Crippen LogP contribution in [0.4, 0.5) is 0 Å². The van der Waals surface area contributed by atoms with Crippen molar-refractivity contribution in [1.29, 1.82) is 0 Å². The first-order valence-electron chi connectivity index (χ1n) is 6.91. The quantitative estimate of drug-likeness (QED) is 0.775. The van der Waals surface area contributed by atoms with Crippen LogP contribution in [0.2, 0.25) is 0 Å². The van der Waals surface area contributed by atoms with E-state index >= 15 is 0 Å². The summed E-state index contributed by atoms with van der Waals surface area (Å²) in [6, 6.07) is 0. The zero-order chi connectivity index (χ0) is 12.1. The van der Waals surface area contributed by atoms with Crippen LogP contribution < -0.4 is 0 Å². The molecule has 0 saturated carbocycles. The van der Waals surface area contributed by atoms with Crippen LogP contribution in [0.1, 0.15) is 19.3 Å². The van der Waals surface area contributed by atoms with Crippen molar-refractivity contribution in [3.05, 3.63) is 0 Å². The molecule has 2 saturated heterocycles. The summed E-state index contributed by atoms with van der Waals surface area (Å²) in [7, 11) is 2.17. The Hall–Kier alpha value is -0.160. The molecule has 4 nitrogen and oxygen atoms in total. The van der Waals surface area contributed by atoms with Crippen molar-refractivity contribution >= 4 is 0 Å². The maximum absolute atomic E-state index is 9.01. The molecule has 2 heterocycles. The Balaban J connectivity index is 1.74. The van der Waals surface area contributed by atoms with Crippen LogP contribution in [0, 0.1) is 5.92 Å². The lowest BCUT2D eigenvalue weighted by Crippen LogP contribution is -2.48. The molecular weight excluding hydrogens is 216 g/mol. The van der Waals surface area contributed by atoms with Crippen LogP contribution >= 0.6 is 0 Å². The Morgan fingerprint density at radius 2 is 2.18 bits per heavy atom. The number of likely N-dealkylation sites (tertiary alicyclic amines) is 1. The SMILES string of the molecule is CN1CCOC(CN2CCCC(CCO)C2)C1. The third-order valence-electron chi connectivity index (χ3n) is 3.94. The number of hydrogen-bond donors (Lipinski definition) is 1. The van der Waals surface area contributed by atoms with Crippen molar-refractivity contribution in [3.8, 4) is 0 Å². The zero-order valence-electron chi connectivity index (χ0n) is 11.0. The molecule has 0 aromatic rings. The van der Waals surface area contributed by atoms with Crippen molar-refractivity contribution in [3.63, 3.8) is 0 Å². The summed E-state index contributed by atoms with van der Waals surface area (Å²) in [5.41, 5.74) is 0. The van der Waals surface area contributed by atoms with Gasteiger partial charge < -0.3 is 19.6 Å². The minimum absolute atomic E-state index is 0.334. The number of likely N-dealkylation sites (N-methyl/N-ethyl adjacent to an activating group) is 1. The summed E-state index contributed by atoms with van der Waals surface area (Å²) in [5.74, 6) is 0.690. The van der Waals surface area contributed by atoms with E-state index in [0.717, 1.165) is 39.2 Å². The third-order valence-corrected chi connectivity index (χ3v) is 3.94. The first-order valence-corrected chi connectivity index (χ1v) is 6.91. The van der Waals surface area contributed by atoms with Gasteiger partial charge in [0.25, 0.3) is 0 Å². The molecular formula is C13H26N2O2. The lowest BCUT2D eigenvalue weighted by atomic mass is 9.95. The molecule has 2 aliphatic heterocycles. The van der Waals surface area contributed by atoms with Gasteiger partial charge in [-0.25, -0.2) is 0 Å². The number of nitrogens with zero attached hydrogens (tertiary/aromatic N) is 2. The highest BCUT2D eigenvalue weighted by atomic mass is 16.5. The highest BCUT2D eigenvalue weighted by Crippen LogP contribution is 2.20. The van der Waals surface area contributed by atoms with Gasteiger partial charge in [0.2, 0.25) is 0 Å². The van der Waals surface area contributed by atoms with Gasteiger partial charge in [0.1, 0.15) is 0 Å². The molecule has 0 spiro atoms. The molecule has 2 rings (SSSR count). The third kappa shape index (κ3) is 4.21. The van der Waals surface area contributed by atoms with Crippen molar-refractivity contribution < 1.29 is 9.84 Å². The highest BCUT2D eigenvalue weighted by Gasteiger charge is 2.24. The van der Waals surface area contributed by atoms with Crippen molar-refractivity contribution in [2.24, 2.45) is 5.92 Å². The van der Waals surface area contributed by atoms with Crippen molar-refractivity contribution in [2.45, 2.75) is 25.4 Å². The molecule has 2 aliphatic rings. The second-order valence-electron chi connectivity index (χ2n) is 5.54. The number of aliphatic hydroxyl groups excluding tert-OH is 1. The second-order valence-corrected chi connectivity index (χ2v) is 5.54. The van der Waals surface area contributed by atoms with E-state index in [0.29, 0.717) is 18.6 Å². The average molecular weight is 242 g/mol. The zero-order valence-corrected chi connectivity index (χ0v) is 11.0. The molecule has 0 radical (unpaired) electrons. The topological polar surface area (TPSA) is 35.9 Å². The summed E-state index contributed by atoms with van der Waals surface area (Å²) in [6.07, 6.45) is 3.89. The van der Waals surface area contributed by atoms with E-state index in [1.54, 1.807) is 0 Å². The summed E-state index contributed by atoms with van der Waals surface area (Å²) in [4.78, 5) is 4.87. The number of morpholine rings is 1. The monoisotopic (exact) mass is 242 g/mol. The smallest absolute Gasteiger partial charge is 0.0829 e. The first-order chi connectivity index (χ1) is 8.28. The predicted octanol–water partition coefficient (Wildman–Crippen LogP) is 0.411. The van der Waals surface area contributed by atoms with E-state index in [1.165, 1.54) is 19.4 Å². The van der Waals surface area contributed by atoms with Crippen LogP contribution in [0.5, 0.6) is 0 Å². The Morgan fingerprint density at radius 3 is 2.94 bits per heavy atom. The average Bonchev–Trinajstić information content (AvgIpc) is 2.30. The van der Waals surface area contributed by atoms with E-state index in [9.17, 15) is 0 Å². The molecule has 0 amide bonds. The van der Waals surface area contributed by atoms with Crippen LogP contribution in [-0.4, -0.2) is 74.0 Å². The van der Waals surface area contributed by atoms with Gasteiger partial charge in [-0.2, -0.15) is 0 Å². The summed E-state index contributed by atoms with van der Waals surface area (Å²) in [5, 5.41) is 9.01. The fraction of sp³-hybridized carbons (Fsp3) is 1.00. The number of piperidine rings is 1. The number of ether oxygens (including phenoxy) is 1. The van der Waals surface area contributed by atoms with E-state index in [4.69, 9.17) is 9.84 Å². The molecule has 1 N–H and O–H groups in total. The largest absolute Gasteiger partial charge is 0.396 e. The van der Waals surface area contributed by atoms with E-state index in [-0.39, 0.29) is 0 Å². The second kappa shape index (κ2) is 6.69. The summed E-state index contributed by atoms with van der Waals surface area (Å²) < 4.78 is 5.81. The predicted molar refractivity (Wildman–Crippen MR) is 68.1 cm³/mol. The Bertz CT molecular complexity index is 223. The maximum atomic E-state index is 9.01. The van der Waals surface area contributed by atoms with Crippen LogP contribution in [0.15, 0.2) is 0 Å². The van der Waals surface area contributed by atoms with E-state index in [1.807, 2.05) is 0 Å². The summed E-state index contributed by atoms with van der Waals surface area (Å²) >= 11 is 0. The number of aliphatic hydroxyl groups is 1. The molecule has 100 valence electrons. The number of rotatable bonds is 4. The fourth-order valence-electron chi connectivity index (χ4n) is 3.00. The van der Waals surface area contributed by atoms with Gasteiger partial charge in [-0.15, -0.1) is 0 Å². The molecule has 0 aromatic carbocycles. The molecule has 2 atom stereocenters.